The molecular weight excluding hydrogens is 298 g/mol. The molecule has 6 heteroatoms. The van der Waals surface area contributed by atoms with E-state index < -0.39 is 0 Å². The summed E-state index contributed by atoms with van der Waals surface area (Å²) in [5.74, 6) is 1.25. The zero-order valence-electron chi connectivity index (χ0n) is 12.2. The van der Waals surface area contributed by atoms with E-state index in [2.05, 4.69) is 9.69 Å². The minimum atomic E-state index is -0.138. The summed E-state index contributed by atoms with van der Waals surface area (Å²) in [5.41, 5.74) is 2.76. The van der Waals surface area contributed by atoms with Crippen molar-refractivity contribution in [3.8, 4) is 11.4 Å². The lowest BCUT2D eigenvalue weighted by Crippen LogP contribution is -2.13. The Morgan fingerprint density at radius 3 is 2.55 bits per heavy atom. The molecule has 5 nitrogen and oxygen atoms in total. The molecule has 112 valence electrons. The van der Waals surface area contributed by atoms with Gasteiger partial charge in [0, 0.05) is 17.2 Å². The maximum absolute atomic E-state index is 12.1. The van der Waals surface area contributed by atoms with Crippen LogP contribution in [0.25, 0.3) is 5.69 Å². The number of benzene rings is 2. The van der Waals surface area contributed by atoms with Crippen LogP contribution < -0.4 is 14.9 Å². The number of rotatable bonds is 4. The van der Waals surface area contributed by atoms with Crippen LogP contribution in [-0.4, -0.2) is 16.1 Å². The summed E-state index contributed by atoms with van der Waals surface area (Å²) < 4.78 is 10.9. The summed E-state index contributed by atoms with van der Waals surface area (Å²) in [6.45, 7) is 2.00. The van der Waals surface area contributed by atoms with Crippen LogP contribution in [0, 0.1) is 6.92 Å². The summed E-state index contributed by atoms with van der Waals surface area (Å²) in [5, 5.41) is 3.22. The van der Waals surface area contributed by atoms with Crippen molar-refractivity contribution in [2.75, 3.05) is 12.4 Å². The standard InChI is InChI=1S/C16H15N3O2S/c1-11-5-3-4-6-14(11)17-15-18-22-16(20)19(15)12-7-9-13(21-2)10-8-12/h3-10H,1-2H3,(H,17,18). The molecule has 1 N–H and O–H groups in total. The molecule has 0 aliphatic heterocycles. The SMILES string of the molecule is COc1ccc(-n2c(Nc3ccccc3C)nsc2=O)cc1. The lowest BCUT2D eigenvalue weighted by Gasteiger charge is -2.10. The van der Waals surface area contributed by atoms with Gasteiger partial charge in [0.1, 0.15) is 5.75 Å². The van der Waals surface area contributed by atoms with Crippen molar-refractivity contribution < 1.29 is 4.74 Å². The van der Waals surface area contributed by atoms with Gasteiger partial charge in [0.25, 0.3) is 0 Å². The summed E-state index contributed by atoms with van der Waals surface area (Å²) >= 11 is 0.925. The van der Waals surface area contributed by atoms with Crippen LogP contribution in [0.3, 0.4) is 0 Å². The minimum absolute atomic E-state index is 0.138. The predicted octanol–water partition coefficient (Wildman–Crippen LogP) is 3.35. The smallest absolute Gasteiger partial charge is 0.332 e. The maximum atomic E-state index is 12.1. The third-order valence-corrected chi connectivity index (χ3v) is 3.93. The highest BCUT2D eigenvalue weighted by molar-refractivity contribution is 7.03. The molecule has 1 heterocycles. The van der Waals surface area contributed by atoms with Crippen LogP contribution in [-0.2, 0) is 0 Å². The molecule has 2 aromatic carbocycles. The highest BCUT2D eigenvalue weighted by Crippen LogP contribution is 2.22. The summed E-state index contributed by atoms with van der Waals surface area (Å²) in [7, 11) is 1.61. The summed E-state index contributed by atoms with van der Waals surface area (Å²) in [6, 6.07) is 15.2. The lowest BCUT2D eigenvalue weighted by atomic mass is 10.2. The minimum Gasteiger partial charge on any atom is -0.497 e. The van der Waals surface area contributed by atoms with Gasteiger partial charge in [-0.25, -0.2) is 4.57 Å². The Morgan fingerprint density at radius 2 is 1.86 bits per heavy atom. The van der Waals surface area contributed by atoms with Crippen LogP contribution in [0.4, 0.5) is 11.6 Å². The zero-order chi connectivity index (χ0) is 15.5. The fraction of sp³-hybridized carbons (Fsp3) is 0.125. The molecular formula is C16H15N3O2S. The Balaban J connectivity index is 2.00. The Kier molecular flexibility index (Phi) is 3.93. The van der Waals surface area contributed by atoms with Crippen molar-refractivity contribution in [2.45, 2.75) is 6.92 Å². The van der Waals surface area contributed by atoms with E-state index in [0.717, 1.165) is 34.2 Å². The Hall–Kier alpha value is -2.60. The van der Waals surface area contributed by atoms with Gasteiger partial charge in [-0.1, -0.05) is 18.2 Å². The van der Waals surface area contributed by atoms with E-state index in [4.69, 9.17) is 4.74 Å². The van der Waals surface area contributed by atoms with Crippen LogP contribution in [0.15, 0.2) is 53.3 Å². The van der Waals surface area contributed by atoms with Crippen LogP contribution in [0.5, 0.6) is 5.75 Å². The van der Waals surface area contributed by atoms with Gasteiger partial charge in [0.05, 0.1) is 12.8 Å². The molecule has 1 aromatic heterocycles. The normalized spacial score (nSPS) is 10.5. The van der Waals surface area contributed by atoms with Crippen molar-refractivity contribution in [1.82, 2.24) is 8.94 Å². The average Bonchev–Trinajstić information content (AvgIpc) is 2.90. The number of aryl methyl sites for hydroxylation is 1. The maximum Gasteiger partial charge on any atom is 0.332 e. The third-order valence-electron chi connectivity index (χ3n) is 3.33. The molecule has 0 spiro atoms. The van der Waals surface area contributed by atoms with E-state index in [-0.39, 0.29) is 4.87 Å². The lowest BCUT2D eigenvalue weighted by molar-refractivity contribution is 0.414. The fourth-order valence-corrected chi connectivity index (χ4v) is 2.69. The first-order valence-electron chi connectivity index (χ1n) is 6.75. The van der Waals surface area contributed by atoms with Gasteiger partial charge in [-0.05, 0) is 42.8 Å². The summed E-state index contributed by atoms with van der Waals surface area (Å²) in [6.07, 6.45) is 0. The Morgan fingerprint density at radius 1 is 1.14 bits per heavy atom. The zero-order valence-corrected chi connectivity index (χ0v) is 13.1. The highest BCUT2D eigenvalue weighted by atomic mass is 32.1. The summed E-state index contributed by atoms with van der Waals surface area (Å²) in [4.78, 5) is 12.0. The van der Waals surface area contributed by atoms with Crippen molar-refractivity contribution >= 4 is 23.2 Å². The molecule has 0 saturated carbocycles. The van der Waals surface area contributed by atoms with Crippen molar-refractivity contribution in [3.05, 3.63) is 63.8 Å². The largest absolute Gasteiger partial charge is 0.497 e. The number of nitrogens with one attached hydrogen (secondary N) is 1. The highest BCUT2D eigenvalue weighted by Gasteiger charge is 2.12. The number of hydrogen-bond acceptors (Lipinski definition) is 5. The van der Waals surface area contributed by atoms with Gasteiger partial charge >= 0.3 is 4.87 Å². The molecule has 0 bridgehead atoms. The third kappa shape index (κ3) is 2.73. The molecule has 0 aliphatic carbocycles. The van der Waals surface area contributed by atoms with Gasteiger partial charge in [-0.2, -0.15) is 4.37 Å². The molecule has 3 rings (SSSR count). The first kappa shape index (κ1) is 14.3. The first-order valence-corrected chi connectivity index (χ1v) is 7.52. The number of nitrogens with zero attached hydrogens (tertiary/aromatic N) is 2. The van der Waals surface area contributed by atoms with E-state index in [0.29, 0.717) is 5.95 Å². The molecule has 0 fully saturated rings. The van der Waals surface area contributed by atoms with E-state index in [1.165, 1.54) is 0 Å². The van der Waals surface area contributed by atoms with Gasteiger partial charge in [-0.15, -0.1) is 0 Å². The van der Waals surface area contributed by atoms with Gasteiger partial charge < -0.3 is 10.1 Å². The van der Waals surface area contributed by atoms with Crippen molar-refractivity contribution in [3.63, 3.8) is 0 Å². The Bertz CT molecular complexity index is 837. The quantitative estimate of drug-likeness (QED) is 0.802. The van der Waals surface area contributed by atoms with Crippen LogP contribution in [0.1, 0.15) is 5.56 Å². The molecule has 0 amide bonds. The topological polar surface area (TPSA) is 56.1 Å². The second-order valence-electron chi connectivity index (χ2n) is 4.75. The van der Waals surface area contributed by atoms with E-state index >= 15 is 0 Å². The number of ether oxygens (including phenoxy) is 1. The molecule has 3 aromatic rings. The van der Waals surface area contributed by atoms with Crippen molar-refractivity contribution in [1.29, 1.82) is 0 Å². The predicted molar refractivity (Wildman–Crippen MR) is 88.7 cm³/mol. The molecule has 0 atom stereocenters. The molecule has 0 unspecified atom stereocenters. The average molecular weight is 313 g/mol. The first-order chi connectivity index (χ1) is 10.7. The van der Waals surface area contributed by atoms with Crippen LogP contribution in [0.2, 0.25) is 0 Å². The van der Waals surface area contributed by atoms with Gasteiger partial charge in [-0.3, -0.25) is 4.79 Å². The molecule has 0 aliphatic rings. The molecule has 0 saturated heterocycles. The van der Waals surface area contributed by atoms with Crippen LogP contribution >= 0.6 is 11.5 Å². The number of methoxy groups -OCH3 is 1. The van der Waals surface area contributed by atoms with E-state index in [9.17, 15) is 4.79 Å². The number of hydrogen-bond donors (Lipinski definition) is 1. The number of anilines is 2. The second kappa shape index (κ2) is 6.03. The van der Waals surface area contributed by atoms with Crippen molar-refractivity contribution in [2.24, 2.45) is 0 Å². The fourth-order valence-electron chi connectivity index (χ4n) is 2.12. The monoisotopic (exact) mass is 313 g/mol. The van der Waals surface area contributed by atoms with E-state index in [1.54, 1.807) is 11.7 Å². The number of para-hydroxylation sites is 1. The van der Waals surface area contributed by atoms with E-state index in [1.807, 2.05) is 55.5 Å². The number of aromatic nitrogens is 2. The van der Waals surface area contributed by atoms with Gasteiger partial charge in [0.15, 0.2) is 0 Å². The van der Waals surface area contributed by atoms with Gasteiger partial charge in [0.2, 0.25) is 5.95 Å². The second-order valence-corrected chi connectivity index (χ2v) is 5.46. The Labute approximate surface area is 132 Å². The molecule has 22 heavy (non-hydrogen) atoms. The molecule has 0 radical (unpaired) electrons.